The van der Waals surface area contributed by atoms with Crippen molar-refractivity contribution in [3.8, 4) is 0 Å². The minimum atomic E-state index is 0.177. The molecule has 1 heterocycles. The predicted octanol–water partition coefficient (Wildman–Crippen LogP) is 4.14. The molecule has 2 saturated carbocycles. The molecule has 18 heavy (non-hydrogen) atoms. The zero-order chi connectivity index (χ0) is 12.6. The van der Waals surface area contributed by atoms with Gasteiger partial charge in [-0.2, -0.15) is 0 Å². The number of hydrogen-bond acceptors (Lipinski definition) is 3. The zero-order valence-corrected chi connectivity index (χ0v) is 11.6. The van der Waals surface area contributed by atoms with Crippen LogP contribution >= 0.6 is 11.6 Å². The maximum atomic E-state index is 6.09. The maximum Gasteiger partial charge on any atom is 0.135 e. The molecular weight excluding hydrogens is 246 g/mol. The summed E-state index contributed by atoms with van der Waals surface area (Å²) in [5.41, 5.74) is 0.177. The first-order valence-corrected chi connectivity index (χ1v) is 7.35. The molecule has 2 fully saturated rings. The Morgan fingerprint density at radius 1 is 1.22 bits per heavy atom. The molecule has 0 saturated heterocycles. The van der Waals surface area contributed by atoms with Crippen molar-refractivity contribution in [2.24, 2.45) is 0 Å². The molecule has 0 bridgehead atoms. The molecule has 98 valence electrons. The van der Waals surface area contributed by atoms with E-state index in [1.54, 1.807) is 0 Å². The van der Waals surface area contributed by atoms with Crippen LogP contribution in [0.15, 0.2) is 6.07 Å². The Balaban J connectivity index is 1.78. The van der Waals surface area contributed by atoms with Crippen LogP contribution in [0.25, 0.3) is 0 Å². The van der Waals surface area contributed by atoms with Gasteiger partial charge in [-0.3, -0.25) is 0 Å². The molecule has 0 aliphatic heterocycles. The van der Waals surface area contributed by atoms with Crippen molar-refractivity contribution in [1.82, 2.24) is 9.97 Å². The second-order valence-electron chi connectivity index (χ2n) is 5.95. The fourth-order valence-electron chi connectivity index (χ4n) is 2.79. The molecule has 1 aromatic rings. The first kappa shape index (κ1) is 12.2. The highest BCUT2D eigenvalue weighted by Crippen LogP contribution is 2.39. The molecule has 3 rings (SSSR count). The van der Waals surface area contributed by atoms with Crippen LogP contribution in [0.5, 0.6) is 0 Å². The Morgan fingerprint density at radius 2 is 1.94 bits per heavy atom. The van der Waals surface area contributed by atoms with Crippen LogP contribution in [-0.2, 0) is 0 Å². The largest absolute Gasteiger partial charge is 0.365 e. The Bertz CT molecular complexity index is 437. The predicted molar refractivity (Wildman–Crippen MR) is 74.1 cm³/mol. The van der Waals surface area contributed by atoms with Crippen molar-refractivity contribution in [1.29, 1.82) is 0 Å². The highest BCUT2D eigenvalue weighted by atomic mass is 35.5. The lowest BCUT2D eigenvalue weighted by molar-refractivity contribution is 0.348. The lowest BCUT2D eigenvalue weighted by Crippen LogP contribution is -2.37. The number of rotatable bonds is 3. The van der Waals surface area contributed by atoms with Crippen LogP contribution in [0.1, 0.15) is 63.6 Å². The molecule has 1 N–H and O–H groups in total. The second-order valence-corrected chi connectivity index (χ2v) is 6.34. The smallest absolute Gasteiger partial charge is 0.135 e. The van der Waals surface area contributed by atoms with Gasteiger partial charge >= 0.3 is 0 Å². The van der Waals surface area contributed by atoms with E-state index < -0.39 is 0 Å². The molecule has 3 nitrogen and oxygen atoms in total. The van der Waals surface area contributed by atoms with E-state index in [2.05, 4.69) is 22.2 Å². The van der Waals surface area contributed by atoms with Crippen molar-refractivity contribution in [3.63, 3.8) is 0 Å². The maximum absolute atomic E-state index is 6.09. The van der Waals surface area contributed by atoms with Gasteiger partial charge in [0, 0.05) is 17.5 Å². The van der Waals surface area contributed by atoms with Gasteiger partial charge in [-0.15, -0.1) is 0 Å². The number of anilines is 1. The van der Waals surface area contributed by atoms with Crippen molar-refractivity contribution >= 4 is 17.4 Å². The normalized spacial score (nSPS) is 22.8. The summed E-state index contributed by atoms with van der Waals surface area (Å²) in [6.07, 6.45) is 8.81. The molecule has 0 amide bonds. The van der Waals surface area contributed by atoms with E-state index in [1.165, 1.54) is 44.9 Å². The average molecular weight is 266 g/mol. The molecule has 0 unspecified atom stereocenters. The van der Waals surface area contributed by atoms with E-state index in [9.17, 15) is 0 Å². The quantitative estimate of drug-likeness (QED) is 0.835. The van der Waals surface area contributed by atoms with Gasteiger partial charge in [0.05, 0.1) is 0 Å². The summed E-state index contributed by atoms with van der Waals surface area (Å²) in [7, 11) is 0. The first-order valence-electron chi connectivity index (χ1n) is 6.97. The molecule has 0 atom stereocenters. The first-order chi connectivity index (χ1) is 8.65. The van der Waals surface area contributed by atoms with Crippen LogP contribution in [0.2, 0.25) is 5.15 Å². The van der Waals surface area contributed by atoms with Gasteiger partial charge in [0.25, 0.3) is 0 Å². The monoisotopic (exact) mass is 265 g/mol. The van der Waals surface area contributed by atoms with E-state index in [1.807, 2.05) is 6.07 Å². The Kier molecular flexibility index (Phi) is 3.18. The van der Waals surface area contributed by atoms with E-state index in [0.717, 1.165) is 11.6 Å². The number of nitrogens with one attached hydrogen (secondary N) is 1. The minimum absolute atomic E-state index is 0.177. The summed E-state index contributed by atoms with van der Waals surface area (Å²) in [6, 6.07) is 1.85. The van der Waals surface area contributed by atoms with E-state index in [4.69, 9.17) is 11.6 Å². The molecule has 4 heteroatoms. The van der Waals surface area contributed by atoms with Gasteiger partial charge in [-0.1, -0.05) is 30.9 Å². The van der Waals surface area contributed by atoms with Crippen molar-refractivity contribution in [2.75, 3.05) is 5.32 Å². The zero-order valence-electron chi connectivity index (χ0n) is 10.9. The van der Waals surface area contributed by atoms with Gasteiger partial charge < -0.3 is 5.32 Å². The van der Waals surface area contributed by atoms with Crippen molar-refractivity contribution in [3.05, 3.63) is 17.0 Å². The summed E-state index contributed by atoms with van der Waals surface area (Å²) in [4.78, 5) is 8.95. The van der Waals surface area contributed by atoms with Crippen molar-refractivity contribution < 1.29 is 0 Å². The molecule has 0 aromatic carbocycles. The molecule has 2 aliphatic rings. The van der Waals surface area contributed by atoms with Crippen molar-refractivity contribution in [2.45, 2.75) is 63.3 Å². The molecule has 2 aliphatic carbocycles. The second kappa shape index (κ2) is 4.69. The summed E-state index contributed by atoms with van der Waals surface area (Å²) >= 11 is 6.09. The number of nitrogens with zero attached hydrogens (tertiary/aromatic N) is 2. The van der Waals surface area contributed by atoms with Crippen LogP contribution < -0.4 is 5.32 Å². The minimum Gasteiger partial charge on any atom is -0.365 e. The highest BCUT2D eigenvalue weighted by Gasteiger charge is 2.30. The Hall–Kier alpha value is -0.830. The van der Waals surface area contributed by atoms with Gasteiger partial charge in [0.1, 0.15) is 16.8 Å². The summed E-state index contributed by atoms with van der Waals surface area (Å²) in [5.74, 6) is 2.37. The number of aromatic nitrogens is 2. The van der Waals surface area contributed by atoms with Crippen LogP contribution in [-0.4, -0.2) is 15.5 Å². The van der Waals surface area contributed by atoms with Crippen LogP contribution in [0, 0.1) is 0 Å². The lowest BCUT2D eigenvalue weighted by Gasteiger charge is -2.35. The van der Waals surface area contributed by atoms with Gasteiger partial charge in [-0.05, 0) is 32.6 Å². The van der Waals surface area contributed by atoms with E-state index in [0.29, 0.717) is 11.1 Å². The summed E-state index contributed by atoms with van der Waals surface area (Å²) in [6.45, 7) is 2.29. The van der Waals surface area contributed by atoms with Gasteiger partial charge in [0.2, 0.25) is 0 Å². The topological polar surface area (TPSA) is 37.8 Å². The third-order valence-electron chi connectivity index (χ3n) is 4.04. The third kappa shape index (κ3) is 2.77. The Labute approximate surface area is 113 Å². The highest BCUT2D eigenvalue weighted by molar-refractivity contribution is 6.29. The summed E-state index contributed by atoms with van der Waals surface area (Å²) < 4.78 is 0. The molecule has 0 radical (unpaired) electrons. The molecular formula is C14H20ClN3. The fourth-order valence-corrected chi connectivity index (χ4v) is 2.98. The van der Waals surface area contributed by atoms with Crippen LogP contribution in [0.3, 0.4) is 0 Å². The van der Waals surface area contributed by atoms with E-state index >= 15 is 0 Å². The van der Waals surface area contributed by atoms with Crippen LogP contribution in [0.4, 0.5) is 5.82 Å². The Morgan fingerprint density at radius 3 is 2.61 bits per heavy atom. The lowest BCUT2D eigenvalue weighted by atomic mass is 9.83. The SMILES string of the molecule is CC1(Nc2cc(Cl)nc(C3CC3)n2)CCCCC1. The third-order valence-corrected chi connectivity index (χ3v) is 4.24. The average Bonchev–Trinajstić information content (AvgIpc) is 3.12. The fraction of sp³-hybridized carbons (Fsp3) is 0.714. The molecule has 1 aromatic heterocycles. The van der Waals surface area contributed by atoms with E-state index in [-0.39, 0.29) is 5.54 Å². The van der Waals surface area contributed by atoms with Gasteiger partial charge in [0.15, 0.2) is 0 Å². The standard InChI is InChI=1S/C14H20ClN3/c1-14(7-3-2-4-8-14)18-12-9-11(15)16-13(17-12)10-5-6-10/h9-10H,2-8H2,1H3,(H,16,17,18). The molecule has 0 spiro atoms. The number of halogens is 1. The number of hydrogen-bond donors (Lipinski definition) is 1. The van der Waals surface area contributed by atoms with Gasteiger partial charge in [-0.25, -0.2) is 9.97 Å². The summed E-state index contributed by atoms with van der Waals surface area (Å²) in [5, 5.41) is 4.15.